The molecule has 0 aliphatic heterocycles. The second-order valence-corrected chi connectivity index (χ2v) is 7.69. The Morgan fingerprint density at radius 3 is 2.34 bits per heavy atom. The van der Waals surface area contributed by atoms with Gasteiger partial charge in [-0.15, -0.1) is 0 Å². The number of benzene rings is 4. The van der Waals surface area contributed by atoms with Crippen LogP contribution in [0.5, 0.6) is 5.75 Å². The molecule has 4 aromatic rings. The Balaban J connectivity index is 1.61. The van der Waals surface area contributed by atoms with E-state index in [0.29, 0.717) is 13.2 Å². The standard InChI is InChI=1S/C27H27NO/c1-19-8-11-22(12-9-19)18-29-27-15-13-23-6-4-5-7-25(23)26(27)17-28-24-14-10-20(2)21(3)16-24/h4-16,28H,17-18H2,1-3H3. The molecule has 0 amide bonds. The molecule has 0 bridgehead atoms. The van der Waals surface area contributed by atoms with Crippen LogP contribution in [0.2, 0.25) is 0 Å². The zero-order valence-electron chi connectivity index (χ0n) is 17.3. The van der Waals surface area contributed by atoms with Crippen molar-refractivity contribution in [2.75, 3.05) is 5.32 Å². The van der Waals surface area contributed by atoms with Gasteiger partial charge >= 0.3 is 0 Å². The van der Waals surface area contributed by atoms with Crippen molar-refractivity contribution in [2.45, 2.75) is 33.9 Å². The Hall–Kier alpha value is -3.26. The third-order valence-electron chi connectivity index (χ3n) is 5.49. The number of fused-ring (bicyclic) bond motifs is 1. The molecule has 4 aromatic carbocycles. The summed E-state index contributed by atoms with van der Waals surface area (Å²) >= 11 is 0. The lowest BCUT2D eigenvalue weighted by Crippen LogP contribution is -2.05. The van der Waals surface area contributed by atoms with Crippen molar-refractivity contribution in [1.82, 2.24) is 0 Å². The minimum absolute atomic E-state index is 0.565. The van der Waals surface area contributed by atoms with E-state index in [-0.39, 0.29) is 0 Å². The van der Waals surface area contributed by atoms with Gasteiger partial charge in [0.25, 0.3) is 0 Å². The van der Waals surface area contributed by atoms with E-state index >= 15 is 0 Å². The summed E-state index contributed by atoms with van der Waals surface area (Å²) in [5.41, 5.74) is 7.36. The topological polar surface area (TPSA) is 21.3 Å². The highest BCUT2D eigenvalue weighted by atomic mass is 16.5. The third kappa shape index (κ3) is 4.43. The largest absolute Gasteiger partial charge is 0.489 e. The number of hydrogen-bond donors (Lipinski definition) is 1. The fraction of sp³-hybridized carbons (Fsp3) is 0.185. The van der Waals surface area contributed by atoms with Crippen LogP contribution >= 0.6 is 0 Å². The first-order chi connectivity index (χ1) is 14.1. The molecular weight excluding hydrogens is 354 g/mol. The van der Waals surface area contributed by atoms with E-state index in [1.54, 1.807) is 0 Å². The summed E-state index contributed by atoms with van der Waals surface area (Å²) in [5.74, 6) is 0.931. The molecule has 1 N–H and O–H groups in total. The summed E-state index contributed by atoms with van der Waals surface area (Å²) in [7, 11) is 0. The molecule has 0 spiro atoms. The van der Waals surface area contributed by atoms with Gasteiger partial charge in [0.15, 0.2) is 0 Å². The number of rotatable bonds is 6. The monoisotopic (exact) mass is 381 g/mol. The zero-order chi connectivity index (χ0) is 20.2. The Morgan fingerprint density at radius 2 is 1.55 bits per heavy atom. The summed E-state index contributed by atoms with van der Waals surface area (Å²) < 4.78 is 6.26. The van der Waals surface area contributed by atoms with Gasteiger partial charge in [0.05, 0.1) is 0 Å². The van der Waals surface area contributed by atoms with Gasteiger partial charge in [-0.25, -0.2) is 0 Å². The van der Waals surface area contributed by atoms with Crippen LogP contribution in [0.25, 0.3) is 10.8 Å². The predicted molar refractivity (Wildman–Crippen MR) is 123 cm³/mol. The molecule has 0 radical (unpaired) electrons. The van der Waals surface area contributed by atoms with Crippen molar-refractivity contribution < 1.29 is 4.74 Å². The van der Waals surface area contributed by atoms with Crippen LogP contribution in [0.15, 0.2) is 78.9 Å². The Bertz CT molecular complexity index is 1130. The van der Waals surface area contributed by atoms with Crippen LogP contribution in [0.1, 0.15) is 27.8 Å². The van der Waals surface area contributed by atoms with E-state index in [4.69, 9.17) is 4.74 Å². The lowest BCUT2D eigenvalue weighted by Gasteiger charge is -2.16. The lowest BCUT2D eigenvalue weighted by atomic mass is 10.0. The first-order valence-corrected chi connectivity index (χ1v) is 10.1. The normalized spacial score (nSPS) is 10.9. The Morgan fingerprint density at radius 1 is 0.759 bits per heavy atom. The molecular formula is C27H27NO. The van der Waals surface area contributed by atoms with Gasteiger partial charge in [-0.3, -0.25) is 0 Å². The number of nitrogens with one attached hydrogen (secondary N) is 1. The molecule has 0 saturated heterocycles. The average Bonchev–Trinajstić information content (AvgIpc) is 2.74. The summed E-state index contributed by atoms with van der Waals surface area (Å²) in [5, 5.41) is 6.04. The number of hydrogen-bond acceptors (Lipinski definition) is 2. The minimum atomic E-state index is 0.565. The Kier molecular flexibility index (Phi) is 5.53. The van der Waals surface area contributed by atoms with Crippen LogP contribution in [-0.4, -0.2) is 0 Å². The maximum Gasteiger partial charge on any atom is 0.125 e. The highest BCUT2D eigenvalue weighted by molar-refractivity contribution is 5.88. The average molecular weight is 382 g/mol. The quantitative estimate of drug-likeness (QED) is 0.390. The highest BCUT2D eigenvalue weighted by Crippen LogP contribution is 2.30. The molecule has 0 fully saturated rings. The SMILES string of the molecule is Cc1ccc(COc2ccc3ccccc3c2CNc2ccc(C)c(C)c2)cc1. The molecule has 29 heavy (non-hydrogen) atoms. The van der Waals surface area contributed by atoms with Gasteiger partial charge in [-0.1, -0.05) is 66.2 Å². The van der Waals surface area contributed by atoms with Crippen molar-refractivity contribution in [3.05, 3.63) is 107 Å². The second kappa shape index (κ2) is 8.40. The van der Waals surface area contributed by atoms with Crippen molar-refractivity contribution in [3.63, 3.8) is 0 Å². The molecule has 0 aliphatic carbocycles. The van der Waals surface area contributed by atoms with E-state index in [1.807, 2.05) is 0 Å². The highest BCUT2D eigenvalue weighted by Gasteiger charge is 2.10. The first kappa shape index (κ1) is 19.1. The summed E-state index contributed by atoms with van der Waals surface area (Å²) in [6.07, 6.45) is 0. The molecule has 0 aliphatic rings. The molecule has 2 nitrogen and oxygen atoms in total. The fourth-order valence-corrected chi connectivity index (χ4v) is 3.52. The van der Waals surface area contributed by atoms with Crippen molar-refractivity contribution in [2.24, 2.45) is 0 Å². The van der Waals surface area contributed by atoms with Crippen molar-refractivity contribution in [3.8, 4) is 5.75 Å². The molecule has 0 heterocycles. The van der Waals surface area contributed by atoms with Gasteiger partial charge in [-0.2, -0.15) is 0 Å². The third-order valence-corrected chi connectivity index (χ3v) is 5.49. The van der Waals surface area contributed by atoms with Crippen LogP contribution in [0.4, 0.5) is 5.69 Å². The summed E-state index contributed by atoms with van der Waals surface area (Å²) in [4.78, 5) is 0. The van der Waals surface area contributed by atoms with E-state index in [0.717, 1.165) is 11.4 Å². The lowest BCUT2D eigenvalue weighted by molar-refractivity contribution is 0.304. The molecule has 0 unspecified atom stereocenters. The van der Waals surface area contributed by atoms with E-state index in [9.17, 15) is 0 Å². The summed E-state index contributed by atoms with van der Waals surface area (Å²) in [6.45, 7) is 7.67. The minimum Gasteiger partial charge on any atom is -0.489 e. The van der Waals surface area contributed by atoms with Crippen molar-refractivity contribution >= 4 is 16.5 Å². The van der Waals surface area contributed by atoms with E-state index in [1.165, 1.54) is 38.6 Å². The molecule has 4 rings (SSSR count). The van der Waals surface area contributed by atoms with Gasteiger partial charge in [0.1, 0.15) is 12.4 Å². The zero-order valence-corrected chi connectivity index (χ0v) is 17.3. The van der Waals surface area contributed by atoms with Crippen LogP contribution < -0.4 is 10.1 Å². The number of ether oxygens (including phenoxy) is 1. The first-order valence-electron chi connectivity index (χ1n) is 10.1. The van der Waals surface area contributed by atoms with Crippen LogP contribution in [0, 0.1) is 20.8 Å². The van der Waals surface area contributed by atoms with E-state index < -0.39 is 0 Å². The van der Waals surface area contributed by atoms with Crippen LogP contribution in [0.3, 0.4) is 0 Å². The van der Waals surface area contributed by atoms with Crippen LogP contribution in [-0.2, 0) is 13.2 Å². The summed E-state index contributed by atoms with van der Waals surface area (Å²) in [6, 6.07) is 27.7. The second-order valence-electron chi connectivity index (χ2n) is 7.69. The van der Waals surface area contributed by atoms with Gasteiger partial charge < -0.3 is 10.1 Å². The molecule has 0 atom stereocenters. The van der Waals surface area contributed by atoms with E-state index in [2.05, 4.69) is 105 Å². The maximum atomic E-state index is 6.26. The van der Waals surface area contributed by atoms with Gasteiger partial charge in [0.2, 0.25) is 0 Å². The number of aryl methyl sites for hydroxylation is 3. The molecule has 146 valence electrons. The predicted octanol–water partition coefficient (Wildman–Crippen LogP) is 6.96. The molecule has 0 aromatic heterocycles. The Labute approximate surface area is 173 Å². The molecule has 2 heteroatoms. The smallest absolute Gasteiger partial charge is 0.125 e. The van der Waals surface area contributed by atoms with Crippen molar-refractivity contribution in [1.29, 1.82) is 0 Å². The van der Waals surface area contributed by atoms with Gasteiger partial charge in [-0.05, 0) is 66.4 Å². The van der Waals surface area contributed by atoms with Gasteiger partial charge in [0, 0.05) is 17.8 Å². The number of anilines is 1. The maximum absolute atomic E-state index is 6.26. The molecule has 0 saturated carbocycles. The fourth-order valence-electron chi connectivity index (χ4n) is 3.52.